The van der Waals surface area contributed by atoms with Crippen molar-refractivity contribution in [1.82, 2.24) is 0 Å². The Labute approximate surface area is 153 Å². The fourth-order valence-electron chi connectivity index (χ4n) is 3.82. The summed E-state index contributed by atoms with van der Waals surface area (Å²) in [5, 5.41) is 25.1. The Kier molecular flexibility index (Phi) is 4.04. The Morgan fingerprint density at radius 3 is 1.27 bits per heavy atom. The molecule has 4 aromatic carbocycles. The van der Waals surface area contributed by atoms with E-state index in [1.165, 1.54) is 0 Å². The van der Waals surface area contributed by atoms with E-state index in [0.29, 0.717) is 11.5 Å². The highest BCUT2D eigenvalue weighted by Crippen LogP contribution is 2.42. The van der Waals surface area contributed by atoms with E-state index in [0.717, 1.165) is 56.6 Å². The molecule has 26 heavy (non-hydrogen) atoms. The Hall–Kier alpha value is -3.00. The molecule has 0 bridgehead atoms. The van der Waals surface area contributed by atoms with Gasteiger partial charge >= 0.3 is 0 Å². The summed E-state index contributed by atoms with van der Waals surface area (Å²) in [5.41, 5.74) is 4.07. The lowest BCUT2D eigenvalue weighted by Gasteiger charge is -2.16. The highest BCUT2D eigenvalue weighted by Gasteiger charge is 2.16. The Balaban J connectivity index is 2.18. The predicted octanol–water partition coefficient (Wildman–Crippen LogP) is 6.20. The summed E-state index contributed by atoms with van der Waals surface area (Å²) >= 11 is 0. The number of phenols is 2. The lowest BCUT2D eigenvalue weighted by atomic mass is 9.89. The van der Waals surface area contributed by atoms with Crippen molar-refractivity contribution < 1.29 is 10.2 Å². The summed E-state index contributed by atoms with van der Waals surface area (Å²) in [6, 6.07) is 20.1. The number of aromatic hydroxyl groups is 2. The normalized spacial score (nSPS) is 11.3. The van der Waals surface area contributed by atoms with Crippen LogP contribution in [0.25, 0.3) is 32.7 Å². The number of aryl methyl sites for hydroxylation is 2. The molecule has 0 saturated carbocycles. The van der Waals surface area contributed by atoms with Gasteiger partial charge in [0, 0.05) is 10.8 Å². The van der Waals surface area contributed by atoms with Crippen LogP contribution in [0.15, 0.2) is 60.7 Å². The molecule has 0 spiro atoms. The first-order chi connectivity index (χ1) is 12.7. The van der Waals surface area contributed by atoms with Crippen LogP contribution in [0.5, 0.6) is 11.5 Å². The van der Waals surface area contributed by atoms with Crippen LogP contribution in [0.4, 0.5) is 0 Å². The van der Waals surface area contributed by atoms with Crippen LogP contribution < -0.4 is 0 Å². The van der Waals surface area contributed by atoms with Crippen molar-refractivity contribution in [2.45, 2.75) is 26.7 Å². The van der Waals surface area contributed by atoms with E-state index in [-0.39, 0.29) is 0 Å². The molecule has 0 radical (unpaired) electrons. The van der Waals surface area contributed by atoms with Gasteiger partial charge in [0.25, 0.3) is 0 Å². The van der Waals surface area contributed by atoms with Crippen LogP contribution >= 0.6 is 0 Å². The molecule has 2 heteroatoms. The molecule has 2 N–H and O–H groups in total. The molecule has 130 valence electrons. The number of rotatable bonds is 3. The number of fused-ring (bicyclic) bond motifs is 2. The minimum atomic E-state index is 0.366. The molecule has 0 aliphatic carbocycles. The second-order valence-corrected chi connectivity index (χ2v) is 6.66. The fourth-order valence-corrected chi connectivity index (χ4v) is 3.82. The average molecular weight is 342 g/mol. The molecule has 4 rings (SSSR count). The van der Waals surface area contributed by atoms with Gasteiger partial charge in [-0.1, -0.05) is 62.4 Å². The van der Waals surface area contributed by atoms with Crippen molar-refractivity contribution in [2.75, 3.05) is 0 Å². The summed E-state index contributed by atoms with van der Waals surface area (Å²) in [5.74, 6) is 0.733. The standard InChI is InChI=1S/C24H22O2/c1-3-15-13-21(17-9-5-7-11-19(17)23(15)25)22-14-16(4-2)24(26)20-12-8-6-10-18(20)22/h5-14,25-26H,3-4H2,1-2H3. The first kappa shape index (κ1) is 16.5. The largest absolute Gasteiger partial charge is 0.507 e. The van der Waals surface area contributed by atoms with E-state index >= 15 is 0 Å². The quantitative estimate of drug-likeness (QED) is 0.465. The van der Waals surface area contributed by atoms with Gasteiger partial charge in [0.05, 0.1) is 0 Å². The molecular weight excluding hydrogens is 320 g/mol. The van der Waals surface area contributed by atoms with Crippen LogP contribution in [-0.2, 0) is 12.8 Å². The minimum Gasteiger partial charge on any atom is -0.507 e. The molecule has 0 atom stereocenters. The lowest BCUT2D eigenvalue weighted by molar-refractivity contribution is 0.474. The van der Waals surface area contributed by atoms with Crippen LogP contribution in [0, 0.1) is 0 Å². The summed E-state index contributed by atoms with van der Waals surface area (Å²) in [6.07, 6.45) is 1.53. The molecule has 0 amide bonds. The fraction of sp³-hybridized carbons (Fsp3) is 0.167. The zero-order valence-electron chi connectivity index (χ0n) is 15.1. The summed E-state index contributed by atoms with van der Waals surface area (Å²) in [6.45, 7) is 4.11. The average Bonchev–Trinajstić information content (AvgIpc) is 2.69. The monoisotopic (exact) mass is 342 g/mol. The maximum atomic E-state index is 10.6. The maximum absolute atomic E-state index is 10.6. The van der Waals surface area contributed by atoms with E-state index in [2.05, 4.69) is 38.1 Å². The molecule has 0 aromatic heterocycles. The van der Waals surface area contributed by atoms with E-state index in [4.69, 9.17) is 0 Å². The summed E-state index contributed by atoms with van der Waals surface area (Å²) in [7, 11) is 0. The predicted molar refractivity (Wildman–Crippen MR) is 109 cm³/mol. The molecule has 0 fully saturated rings. The van der Waals surface area contributed by atoms with Crippen molar-refractivity contribution >= 4 is 21.5 Å². The van der Waals surface area contributed by atoms with Crippen LogP contribution in [0.3, 0.4) is 0 Å². The highest BCUT2D eigenvalue weighted by molar-refractivity contribution is 6.09. The summed E-state index contributed by atoms with van der Waals surface area (Å²) in [4.78, 5) is 0. The SMILES string of the molecule is CCc1cc(-c2cc(CC)c(O)c3ccccc23)c2ccccc2c1O. The van der Waals surface area contributed by atoms with Gasteiger partial charge < -0.3 is 10.2 Å². The molecule has 0 unspecified atom stereocenters. The molecule has 0 aliphatic heterocycles. The topological polar surface area (TPSA) is 40.5 Å². The third-order valence-corrected chi connectivity index (χ3v) is 5.24. The van der Waals surface area contributed by atoms with Gasteiger partial charge in [0.2, 0.25) is 0 Å². The zero-order valence-corrected chi connectivity index (χ0v) is 15.1. The number of phenolic OH excluding ortho intramolecular Hbond substituents is 2. The van der Waals surface area contributed by atoms with Crippen molar-refractivity contribution in [3.05, 3.63) is 71.8 Å². The van der Waals surface area contributed by atoms with Gasteiger partial charge in [-0.25, -0.2) is 0 Å². The van der Waals surface area contributed by atoms with Crippen LogP contribution in [0.1, 0.15) is 25.0 Å². The van der Waals surface area contributed by atoms with E-state index in [1.54, 1.807) is 0 Å². The first-order valence-electron chi connectivity index (χ1n) is 9.13. The summed E-state index contributed by atoms with van der Waals surface area (Å²) < 4.78 is 0. The molecule has 0 saturated heterocycles. The van der Waals surface area contributed by atoms with Crippen LogP contribution in [-0.4, -0.2) is 10.2 Å². The van der Waals surface area contributed by atoms with Gasteiger partial charge in [-0.05, 0) is 58.0 Å². The number of benzene rings is 4. The van der Waals surface area contributed by atoms with Crippen molar-refractivity contribution in [1.29, 1.82) is 0 Å². The zero-order chi connectivity index (χ0) is 18.3. The molecule has 0 aliphatic rings. The molecule has 4 aromatic rings. The third-order valence-electron chi connectivity index (χ3n) is 5.24. The van der Waals surface area contributed by atoms with Gasteiger partial charge in [-0.15, -0.1) is 0 Å². The van der Waals surface area contributed by atoms with E-state index < -0.39 is 0 Å². The van der Waals surface area contributed by atoms with Gasteiger partial charge in [-0.3, -0.25) is 0 Å². The molecule has 0 heterocycles. The van der Waals surface area contributed by atoms with Crippen molar-refractivity contribution in [2.24, 2.45) is 0 Å². The van der Waals surface area contributed by atoms with Crippen molar-refractivity contribution in [3.63, 3.8) is 0 Å². The lowest BCUT2D eigenvalue weighted by Crippen LogP contribution is -1.92. The van der Waals surface area contributed by atoms with Gasteiger partial charge in [0.1, 0.15) is 11.5 Å². The number of hydrogen-bond donors (Lipinski definition) is 2. The smallest absolute Gasteiger partial charge is 0.126 e. The van der Waals surface area contributed by atoms with Crippen LogP contribution in [0.2, 0.25) is 0 Å². The second kappa shape index (κ2) is 6.38. The van der Waals surface area contributed by atoms with E-state index in [9.17, 15) is 10.2 Å². The highest BCUT2D eigenvalue weighted by atomic mass is 16.3. The number of hydrogen-bond acceptors (Lipinski definition) is 2. The maximum Gasteiger partial charge on any atom is 0.126 e. The molecule has 2 nitrogen and oxygen atoms in total. The Morgan fingerprint density at radius 1 is 0.577 bits per heavy atom. The van der Waals surface area contributed by atoms with Gasteiger partial charge in [0.15, 0.2) is 0 Å². The van der Waals surface area contributed by atoms with Gasteiger partial charge in [-0.2, -0.15) is 0 Å². The Morgan fingerprint density at radius 2 is 0.923 bits per heavy atom. The van der Waals surface area contributed by atoms with E-state index in [1.807, 2.05) is 36.4 Å². The van der Waals surface area contributed by atoms with Crippen molar-refractivity contribution in [3.8, 4) is 22.6 Å². The second-order valence-electron chi connectivity index (χ2n) is 6.66. The third kappa shape index (κ3) is 2.41. The minimum absolute atomic E-state index is 0.366. The first-order valence-corrected chi connectivity index (χ1v) is 9.13. The molecular formula is C24H22O2. The Bertz CT molecular complexity index is 1030.